The Morgan fingerprint density at radius 1 is 0.917 bits per heavy atom. The highest BCUT2D eigenvalue weighted by Gasteiger charge is 2.34. The number of aromatic nitrogens is 4. The molecule has 7 rings (SSSR count). The van der Waals surface area contributed by atoms with Gasteiger partial charge in [-0.3, -0.25) is 9.67 Å². The Balaban J connectivity index is 1.36. The van der Waals surface area contributed by atoms with E-state index in [1.807, 2.05) is 30.1 Å². The summed E-state index contributed by atoms with van der Waals surface area (Å²) in [6.45, 7) is 8.44. The van der Waals surface area contributed by atoms with Crippen molar-refractivity contribution in [1.29, 1.82) is 0 Å². The van der Waals surface area contributed by atoms with E-state index in [9.17, 15) is 0 Å². The van der Waals surface area contributed by atoms with E-state index in [0.29, 0.717) is 5.69 Å². The number of pyridine rings is 1. The van der Waals surface area contributed by atoms with Crippen LogP contribution in [0.15, 0.2) is 67.1 Å². The lowest BCUT2D eigenvalue weighted by Gasteiger charge is -2.28. The van der Waals surface area contributed by atoms with Crippen molar-refractivity contribution in [3.8, 4) is 22.4 Å². The Bertz CT molecular complexity index is 1620. The van der Waals surface area contributed by atoms with Crippen LogP contribution in [0, 0.1) is 24.3 Å². The fourth-order valence-electron chi connectivity index (χ4n) is 6.91. The summed E-state index contributed by atoms with van der Waals surface area (Å²) in [4.78, 5) is 8.66. The molecule has 0 radical (unpaired) electrons. The van der Waals surface area contributed by atoms with Gasteiger partial charge in [0.05, 0.1) is 35.7 Å². The molecule has 3 aromatic heterocycles. The molecule has 0 spiro atoms. The summed E-state index contributed by atoms with van der Waals surface area (Å²) in [6.07, 6.45) is 13.3. The largest absolute Gasteiger partial charge is 0.346 e. The van der Waals surface area contributed by atoms with E-state index in [4.69, 9.17) is 11.6 Å². The van der Waals surface area contributed by atoms with Gasteiger partial charge < -0.3 is 4.57 Å². The van der Waals surface area contributed by atoms with E-state index in [1.165, 1.54) is 43.0 Å². The SMILES string of the molecule is [C-]#[N+]c1ccc(-c2c(-c3ccc4c(cnn4C)c3)ncc3c2ccn3CC2CC3CCC(C3)C2)cc1. The minimum Gasteiger partial charge on any atom is -0.346 e. The summed E-state index contributed by atoms with van der Waals surface area (Å²) >= 11 is 0. The van der Waals surface area contributed by atoms with Gasteiger partial charge in [0.15, 0.2) is 5.69 Å². The number of fused-ring (bicyclic) bond motifs is 4. The molecule has 2 atom stereocenters. The van der Waals surface area contributed by atoms with E-state index >= 15 is 0 Å². The molecule has 0 aliphatic heterocycles. The van der Waals surface area contributed by atoms with Gasteiger partial charge in [-0.25, -0.2) is 4.85 Å². The van der Waals surface area contributed by atoms with E-state index in [0.717, 1.165) is 57.6 Å². The monoisotopic (exact) mass is 471 g/mol. The average molecular weight is 472 g/mol. The lowest BCUT2D eigenvalue weighted by molar-refractivity contribution is 0.239. The van der Waals surface area contributed by atoms with Gasteiger partial charge in [-0.05, 0) is 60.8 Å². The summed E-state index contributed by atoms with van der Waals surface area (Å²) in [7, 11) is 1.97. The Hall–Kier alpha value is -3.91. The Morgan fingerprint density at radius 2 is 1.69 bits per heavy atom. The third kappa shape index (κ3) is 3.52. The van der Waals surface area contributed by atoms with Crippen molar-refractivity contribution in [2.75, 3.05) is 0 Å². The second-order valence-electron chi connectivity index (χ2n) is 10.8. The molecule has 2 aromatic carbocycles. The van der Waals surface area contributed by atoms with Gasteiger partial charge in [-0.15, -0.1) is 0 Å². The average Bonchev–Trinajstić information content (AvgIpc) is 3.60. The minimum atomic E-state index is 0.654. The quantitative estimate of drug-likeness (QED) is 0.253. The highest BCUT2D eigenvalue weighted by Crippen LogP contribution is 2.45. The molecule has 178 valence electrons. The van der Waals surface area contributed by atoms with E-state index in [2.05, 4.69) is 63.3 Å². The molecule has 36 heavy (non-hydrogen) atoms. The topological polar surface area (TPSA) is 40.0 Å². The summed E-state index contributed by atoms with van der Waals surface area (Å²) in [5.41, 5.74) is 7.24. The van der Waals surface area contributed by atoms with Crippen molar-refractivity contribution in [3.05, 3.63) is 78.5 Å². The summed E-state index contributed by atoms with van der Waals surface area (Å²) < 4.78 is 4.33. The molecule has 3 heterocycles. The van der Waals surface area contributed by atoms with Crippen LogP contribution in [0.4, 0.5) is 5.69 Å². The van der Waals surface area contributed by atoms with E-state index in [1.54, 1.807) is 0 Å². The fraction of sp³-hybridized carbons (Fsp3) is 0.323. The van der Waals surface area contributed by atoms with Gasteiger partial charge in [0.2, 0.25) is 0 Å². The van der Waals surface area contributed by atoms with Crippen LogP contribution in [0.5, 0.6) is 0 Å². The first-order chi connectivity index (χ1) is 17.7. The normalized spacial score (nSPS) is 21.3. The molecule has 5 nitrogen and oxygen atoms in total. The van der Waals surface area contributed by atoms with Crippen molar-refractivity contribution in [2.24, 2.45) is 24.8 Å². The first-order valence-electron chi connectivity index (χ1n) is 13.0. The van der Waals surface area contributed by atoms with Crippen LogP contribution in [0.1, 0.15) is 32.1 Å². The van der Waals surface area contributed by atoms with Crippen LogP contribution in [0.2, 0.25) is 0 Å². The van der Waals surface area contributed by atoms with Crippen molar-refractivity contribution in [2.45, 2.75) is 38.6 Å². The molecule has 0 N–H and O–H groups in total. The third-order valence-corrected chi connectivity index (χ3v) is 8.57. The molecule has 2 bridgehead atoms. The van der Waals surface area contributed by atoms with Gasteiger partial charge in [0.25, 0.3) is 0 Å². The van der Waals surface area contributed by atoms with Gasteiger partial charge >= 0.3 is 0 Å². The molecule has 2 fully saturated rings. The maximum atomic E-state index is 7.37. The molecular weight excluding hydrogens is 442 g/mol. The summed E-state index contributed by atoms with van der Waals surface area (Å²) in [5.74, 6) is 2.65. The van der Waals surface area contributed by atoms with Crippen LogP contribution < -0.4 is 0 Å². The lowest BCUT2D eigenvalue weighted by Crippen LogP contribution is -2.20. The zero-order valence-electron chi connectivity index (χ0n) is 20.6. The van der Waals surface area contributed by atoms with Crippen LogP contribution in [-0.4, -0.2) is 19.3 Å². The third-order valence-electron chi connectivity index (χ3n) is 8.57. The number of rotatable bonds is 4. The van der Waals surface area contributed by atoms with Gasteiger partial charge in [-0.2, -0.15) is 5.10 Å². The maximum Gasteiger partial charge on any atom is 0.187 e. The molecular formula is C31H29N5. The molecule has 2 saturated carbocycles. The molecule has 2 aliphatic carbocycles. The summed E-state index contributed by atoms with van der Waals surface area (Å²) in [6, 6.07) is 16.6. The standard InChI is InChI=1S/C31H29N5/c1-32-26-8-5-23(6-9-26)30-27-11-12-36(19-22-14-20-3-4-21(13-20)15-22)29(27)18-33-31(30)24-7-10-28-25(16-24)17-34-35(28)2/h5-12,16-18,20-22H,3-4,13-15,19H2,2H3. The highest BCUT2D eigenvalue weighted by atomic mass is 15.2. The second-order valence-corrected chi connectivity index (χ2v) is 10.8. The van der Waals surface area contributed by atoms with Gasteiger partial charge in [0, 0.05) is 41.7 Å². The Morgan fingerprint density at radius 3 is 2.47 bits per heavy atom. The molecule has 5 aromatic rings. The maximum absolute atomic E-state index is 7.37. The first kappa shape index (κ1) is 21.4. The van der Waals surface area contributed by atoms with Crippen molar-refractivity contribution >= 4 is 27.5 Å². The number of aryl methyl sites for hydroxylation is 1. The van der Waals surface area contributed by atoms with Crippen LogP contribution in [0.25, 0.3) is 49.0 Å². The van der Waals surface area contributed by atoms with E-state index in [-0.39, 0.29) is 0 Å². The number of hydrogen-bond acceptors (Lipinski definition) is 2. The highest BCUT2D eigenvalue weighted by molar-refractivity contribution is 6.02. The molecule has 0 saturated heterocycles. The van der Waals surface area contributed by atoms with Crippen molar-refractivity contribution in [3.63, 3.8) is 0 Å². The predicted octanol–water partition coefficient (Wildman–Crippen LogP) is 7.63. The predicted molar refractivity (Wildman–Crippen MR) is 145 cm³/mol. The van der Waals surface area contributed by atoms with Crippen molar-refractivity contribution in [1.82, 2.24) is 19.3 Å². The fourth-order valence-corrected chi connectivity index (χ4v) is 6.91. The first-order valence-corrected chi connectivity index (χ1v) is 13.0. The molecule has 5 heteroatoms. The smallest absolute Gasteiger partial charge is 0.187 e. The number of benzene rings is 2. The number of hydrogen-bond donors (Lipinski definition) is 0. The van der Waals surface area contributed by atoms with Crippen LogP contribution in [0.3, 0.4) is 0 Å². The summed E-state index contributed by atoms with van der Waals surface area (Å²) in [5, 5.41) is 6.75. The minimum absolute atomic E-state index is 0.654. The van der Waals surface area contributed by atoms with Crippen LogP contribution >= 0.6 is 0 Å². The van der Waals surface area contributed by atoms with Gasteiger partial charge in [-0.1, -0.05) is 43.2 Å². The Labute approximate surface area is 211 Å². The lowest BCUT2D eigenvalue weighted by atomic mass is 9.81. The Kier molecular flexibility index (Phi) is 4.95. The molecule has 2 unspecified atom stereocenters. The molecule has 2 aliphatic rings. The van der Waals surface area contributed by atoms with Gasteiger partial charge in [0.1, 0.15) is 0 Å². The molecule has 0 amide bonds. The number of nitrogens with zero attached hydrogens (tertiary/aromatic N) is 5. The zero-order chi connectivity index (χ0) is 24.2. The zero-order valence-corrected chi connectivity index (χ0v) is 20.6. The second kappa shape index (κ2) is 8.34. The van der Waals surface area contributed by atoms with Crippen molar-refractivity contribution < 1.29 is 0 Å². The van der Waals surface area contributed by atoms with E-state index < -0.39 is 0 Å². The van der Waals surface area contributed by atoms with Crippen LogP contribution in [-0.2, 0) is 13.6 Å².